The van der Waals surface area contributed by atoms with Gasteiger partial charge in [0.1, 0.15) is 5.75 Å². The summed E-state index contributed by atoms with van der Waals surface area (Å²) >= 11 is 6.02. The second-order valence-electron chi connectivity index (χ2n) is 4.47. The van der Waals surface area contributed by atoms with Crippen LogP contribution in [0.1, 0.15) is 18.4 Å². The van der Waals surface area contributed by atoms with Gasteiger partial charge in [0.15, 0.2) is 0 Å². The number of hydrogen-bond acceptors (Lipinski definition) is 2. The minimum absolute atomic E-state index is 0.472. The number of alkyl halides is 1. The first kappa shape index (κ1) is 12.2. The van der Waals surface area contributed by atoms with Gasteiger partial charge in [-0.15, -0.1) is 11.6 Å². The van der Waals surface area contributed by atoms with Gasteiger partial charge < -0.3 is 4.74 Å². The summed E-state index contributed by atoms with van der Waals surface area (Å²) in [6.07, 6.45) is 5.86. The standard InChI is InChI=1S/C16H14ClNO/c17-11-13-10-14(19-16-7-3-4-8-18-16)9-12-5-1-2-6-15(12)13/h1-2,5-10H,3-4,11H2. The Balaban J connectivity index is 2.00. The summed E-state index contributed by atoms with van der Waals surface area (Å²) in [4.78, 5) is 4.24. The third-order valence-corrected chi connectivity index (χ3v) is 3.41. The molecule has 0 N–H and O–H groups in total. The van der Waals surface area contributed by atoms with E-state index in [1.54, 1.807) is 0 Å². The molecule has 1 heterocycles. The van der Waals surface area contributed by atoms with E-state index >= 15 is 0 Å². The molecule has 0 atom stereocenters. The van der Waals surface area contributed by atoms with E-state index in [0.717, 1.165) is 29.5 Å². The highest BCUT2D eigenvalue weighted by atomic mass is 35.5. The molecule has 0 aromatic heterocycles. The first-order chi connectivity index (χ1) is 9.36. The fourth-order valence-corrected chi connectivity index (χ4v) is 2.43. The molecular weight excluding hydrogens is 258 g/mol. The van der Waals surface area contributed by atoms with E-state index in [0.29, 0.717) is 11.8 Å². The van der Waals surface area contributed by atoms with Crippen molar-refractivity contribution in [2.24, 2.45) is 4.99 Å². The normalized spacial score (nSPS) is 14.5. The highest BCUT2D eigenvalue weighted by Gasteiger charge is 2.07. The predicted octanol–water partition coefficient (Wildman–Crippen LogP) is 4.66. The molecule has 2 aromatic rings. The molecule has 0 unspecified atom stereocenters. The maximum Gasteiger partial charge on any atom is 0.214 e. The molecule has 1 aliphatic rings. The molecule has 19 heavy (non-hydrogen) atoms. The molecule has 0 amide bonds. The van der Waals surface area contributed by atoms with E-state index in [1.807, 2.05) is 36.6 Å². The fraction of sp³-hybridized carbons (Fsp3) is 0.188. The largest absolute Gasteiger partial charge is 0.439 e. The minimum atomic E-state index is 0.472. The summed E-state index contributed by atoms with van der Waals surface area (Å²) in [7, 11) is 0. The first-order valence-corrected chi connectivity index (χ1v) is 6.88. The highest BCUT2D eigenvalue weighted by molar-refractivity contribution is 6.18. The maximum atomic E-state index is 6.02. The Morgan fingerprint density at radius 3 is 2.84 bits per heavy atom. The van der Waals surface area contributed by atoms with Crippen molar-refractivity contribution in [1.29, 1.82) is 0 Å². The molecule has 0 aliphatic carbocycles. The molecule has 0 spiro atoms. The molecule has 0 radical (unpaired) electrons. The number of ether oxygens (including phenoxy) is 1. The van der Waals surface area contributed by atoms with Crippen molar-refractivity contribution in [1.82, 2.24) is 0 Å². The highest BCUT2D eigenvalue weighted by Crippen LogP contribution is 2.28. The molecule has 2 nitrogen and oxygen atoms in total. The number of halogens is 1. The lowest BCUT2D eigenvalue weighted by Crippen LogP contribution is -1.98. The molecule has 0 saturated carbocycles. The smallest absolute Gasteiger partial charge is 0.214 e. The van der Waals surface area contributed by atoms with Crippen LogP contribution in [0, 0.1) is 0 Å². The third-order valence-electron chi connectivity index (χ3n) is 3.12. The zero-order valence-electron chi connectivity index (χ0n) is 10.5. The predicted molar refractivity (Wildman–Crippen MR) is 79.9 cm³/mol. The molecule has 0 fully saturated rings. The van der Waals surface area contributed by atoms with Crippen molar-refractivity contribution < 1.29 is 4.74 Å². The number of hydrogen-bond donors (Lipinski definition) is 0. The van der Waals surface area contributed by atoms with Gasteiger partial charge in [0.25, 0.3) is 0 Å². The summed E-state index contributed by atoms with van der Waals surface area (Å²) in [5.41, 5.74) is 1.08. The van der Waals surface area contributed by atoms with Crippen molar-refractivity contribution >= 4 is 28.6 Å². The Kier molecular flexibility index (Phi) is 3.51. The first-order valence-electron chi connectivity index (χ1n) is 6.35. The number of fused-ring (bicyclic) bond motifs is 1. The van der Waals surface area contributed by atoms with Gasteiger partial charge in [0.05, 0.1) is 0 Å². The Hall–Kier alpha value is -1.80. The average Bonchev–Trinajstić information content (AvgIpc) is 2.47. The van der Waals surface area contributed by atoms with Gasteiger partial charge in [0.2, 0.25) is 5.88 Å². The van der Waals surface area contributed by atoms with E-state index in [9.17, 15) is 0 Å². The van der Waals surface area contributed by atoms with E-state index < -0.39 is 0 Å². The Morgan fingerprint density at radius 1 is 1.16 bits per heavy atom. The van der Waals surface area contributed by atoms with Crippen LogP contribution in [0.2, 0.25) is 0 Å². The van der Waals surface area contributed by atoms with Crippen LogP contribution in [0.25, 0.3) is 10.8 Å². The van der Waals surface area contributed by atoms with Crippen molar-refractivity contribution in [3.05, 3.63) is 53.9 Å². The quantitative estimate of drug-likeness (QED) is 0.744. The minimum Gasteiger partial charge on any atom is -0.439 e. The molecular formula is C16H14ClNO. The van der Waals surface area contributed by atoms with E-state index in [2.05, 4.69) is 17.1 Å². The van der Waals surface area contributed by atoms with E-state index in [-0.39, 0.29) is 0 Å². The van der Waals surface area contributed by atoms with Crippen LogP contribution in [-0.2, 0) is 5.88 Å². The number of allylic oxidation sites excluding steroid dienone is 1. The van der Waals surface area contributed by atoms with Gasteiger partial charge in [-0.3, -0.25) is 0 Å². The van der Waals surface area contributed by atoms with Crippen molar-refractivity contribution in [3.63, 3.8) is 0 Å². The van der Waals surface area contributed by atoms with Gasteiger partial charge in [-0.05, 0) is 47.4 Å². The summed E-state index contributed by atoms with van der Waals surface area (Å²) in [6.45, 7) is 0. The number of benzene rings is 2. The zero-order chi connectivity index (χ0) is 13.1. The molecule has 1 aliphatic heterocycles. The lowest BCUT2D eigenvalue weighted by molar-refractivity contribution is 0.417. The van der Waals surface area contributed by atoms with Crippen molar-refractivity contribution in [2.45, 2.75) is 18.7 Å². The molecule has 3 heteroatoms. The fourth-order valence-electron chi connectivity index (χ4n) is 2.21. The molecule has 0 saturated heterocycles. The topological polar surface area (TPSA) is 21.6 Å². The van der Waals surface area contributed by atoms with Crippen LogP contribution in [0.3, 0.4) is 0 Å². The lowest BCUT2D eigenvalue weighted by atomic mass is 10.1. The van der Waals surface area contributed by atoms with Gasteiger partial charge in [-0.1, -0.05) is 24.3 Å². The monoisotopic (exact) mass is 271 g/mol. The lowest BCUT2D eigenvalue weighted by Gasteiger charge is -2.11. The van der Waals surface area contributed by atoms with Gasteiger partial charge in [-0.2, -0.15) is 0 Å². The van der Waals surface area contributed by atoms with Crippen LogP contribution >= 0.6 is 11.6 Å². The molecule has 2 aromatic carbocycles. The van der Waals surface area contributed by atoms with Crippen LogP contribution in [0.5, 0.6) is 5.75 Å². The molecule has 0 bridgehead atoms. The second kappa shape index (κ2) is 5.45. The average molecular weight is 272 g/mol. The number of aliphatic imine (C=N–C) groups is 1. The number of rotatable bonds is 3. The zero-order valence-corrected chi connectivity index (χ0v) is 11.2. The van der Waals surface area contributed by atoms with Crippen molar-refractivity contribution in [3.8, 4) is 5.75 Å². The molecule has 96 valence electrons. The van der Waals surface area contributed by atoms with Crippen molar-refractivity contribution in [2.75, 3.05) is 0 Å². The SMILES string of the molecule is ClCc1cc(OC2=CCCC=N2)cc2ccccc12. The Bertz CT molecular complexity index is 661. The van der Waals surface area contributed by atoms with E-state index in [4.69, 9.17) is 16.3 Å². The van der Waals surface area contributed by atoms with Crippen LogP contribution in [0.4, 0.5) is 0 Å². The number of nitrogens with zero attached hydrogens (tertiary/aromatic N) is 1. The summed E-state index contributed by atoms with van der Waals surface area (Å²) in [5, 5.41) is 2.31. The molecule has 3 rings (SSSR count). The van der Waals surface area contributed by atoms with Gasteiger partial charge >= 0.3 is 0 Å². The van der Waals surface area contributed by atoms with E-state index in [1.165, 1.54) is 5.39 Å². The maximum absolute atomic E-state index is 6.02. The Morgan fingerprint density at radius 2 is 2.05 bits per heavy atom. The summed E-state index contributed by atoms with van der Waals surface area (Å²) in [5.74, 6) is 1.93. The third kappa shape index (κ3) is 2.64. The summed E-state index contributed by atoms with van der Waals surface area (Å²) < 4.78 is 5.81. The van der Waals surface area contributed by atoms with Gasteiger partial charge in [0, 0.05) is 12.1 Å². The van der Waals surface area contributed by atoms with Gasteiger partial charge in [-0.25, -0.2) is 4.99 Å². The van der Waals surface area contributed by atoms with Crippen LogP contribution in [0.15, 0.2) is 53.3 Å². The van der Waals surface area contributed by atoms with Crippen LogP contribution < -0.4 is 4.74 Å². The van der Waals surface area contributed by atoms with Crippen LogP contribution in [-0.4, -0.2) is 6.21 Å². The second-order valence-corrected chi connectivity index (χ2v) is 4.74. The Labute approximate surface area is 117 Å². The summed E-state index contributed by atoms with van der Waals surface area (Å²) in [6, 6.07) is 12.2.